The van der Waals surface area contributed by atoms with Crippen LogP contribution in [-0.4, -0.2) is 5.79 Å². The fourth-order valence-corrected chi connectivity index (χ4v) is 2.67. The van der Waals surface area contributed by atoms with Gasteiger partial charge in [-0.3, -0.25) is 0 Å². The van der Waals surface area contributed by atoms with Crippen LogP contribution in [0.25, 0.3) is 0 Å². The van der Waals surface area contributed by atoms with Crippen molar-refractivity contribution < 1.29 is 9.47 Å². The van der Waals surface area contributed by atoms with Crippen molar-refractivity contribution in [1.29, 1.82) is 0 Å². The van der Waals surface area contributed by atoms with Gasteiger partial charge in [-0.1, -0.05) is 42.5 Å². The zero-order valence-corrected chi connectivity index (χ0v) is 12.1. The Labute approximate surface area is 120 Å². The maximum atomic E-state index is 6.04. The minimum atomic E-state index is -0.525. The van der Waals surface area contributed by atoms with Gasteiger partial charge in [0.05, 0.1) is 0 Å². The van der Waals surface area contributed by atoms with Gasteiger partial charge in [0.15, 0.2) is 11.5 Å². The standard InChI is InChI=1S/C18H20O2/c1-14-8-6-12-16-17(14)20-18(2,19-16)13-7-11-15-9-4-3-5-10-15/h3-6,8-10,12H,7,11,13H2,1-2H3. The van der Waals surface area contributed by atoms with Crippen LogP contribution in [0.2, 0.25) is 0 Å². The Morgan fingerprint density at radius 3 is 2.50 bits per heavy atom. The average Bonchev–Trinajstić information content (AvgIpc) is 2.78. The minimum Gasteiger partial charge on any atom is -0.449 e. The molecule has 0 amide bonds. The van der Waals surface area contributed by atoms with E-state index in [-0.39, 0.29) is 0 Å². The molecule has 1 atom stereocenters. The van der Waals surface area contributed by atoms with Gasteiger partial charge >= 0.3 is 0 Å². The zero-order chi connectivity index (χ0) is 14.0. The molecule has 1 aliphatic rings. The summed E-state index contributed by atoms with van der Waals surface area (Å²) in [7, 11) is 0. The highest BCUT2D eigenvalue weighted by Gasteiger charge is 2.36. The molecule has 104 valence electrons. The predicted molar refractivity (Wildman–Crippen MR) is 80.2 cm³/mol. The lowest BCUT2D eigenvalue weighted by molar-refractivity contribution is -0.0694. The van der Waals surface area contributed by atoms with E-state index in [1.54, 1.807) is 0 Å². The fourth-order valence-electron chi connectivity index (χ4n) is 2.67. The summed E-state index contributed by atoms with van der Waals surface area (Å²) in [4.78, 5) is 0. The van der Waals surface area contributed by atoms with Gasteiger partial charge in [-0.05, 0) is 37.0 Å². The molecule has 2 aromatic rings. The van der Waals surface area contributed by atoms with E-state index in [0.717, 1.165) is 36.3 Å². The first-order valence-corrected chi connectivity index (χ1v) is 7.18. The van der Waals surface area contributed by atoms with Crippen LogP contribution in [0.15, 0.2) is 48.5 Å². The Kier molecular flexibility index (Phi) is 3.39. The third-order valence-corrected chi connectivity index (χ3v) is 3.76. The number of hydrogen-bond acceptors (Lipinski definition) is 2. The quantitative estimate of drug-likeness (QED) is 0.812. The van der Waals surface area contributed by atoms with Gasteiger partial charge in [0.25, 0.3) is 0 Å². The summed E-state index contributed by atoms with van der Waals surface area (Å²) in [6, 6.07) is 16.6. The summed E-state index contributed by atoms with van der Waals surface area (Å²) in [6.45, 7) is 4.08. The Morgan fingerprint density at radius 1 is 0.950 bits per heavy atom. The molecule has 20 heavy (non-hydrogen) atoms. The molecule has 1 heterocycles. The molecule has 0 saturated carbocycles. The third kappa shape index (κ3) is 2.64. The number of rotatable bonds is 4. The van der Waals surface area contributed by atoms with E-state index in [0.29, 0.717) is 0 Å². The molecule has 0 bridgehead atoms. The van der Waals surface area contributed by atoms with E-state index in [1.807, 2.05) is 25.1 Å². The molecule has 0 saturated heterocycles. The van der Waals surface area contributed by atoms with Crippen LogP contribution in [0.5, 0.6) is 11.5 Å². The molecule has 2 nitrogen and oxygen atoms in total. The van der Waals surface area contributed by atoms with Gasteiger partial charge in [0, 0.05) is 13.3 Å². The van der Waals surface area contributed by atoms with Crippen molar-refractivity contribution in [3.63, 3.8) is 0 Å². The largest absolute Gasteiger partial charge is 0.449 e. The van der Waals surface area contributed by atoms with Gasteiger partial charge in [-0.2, -0.15) is 0 Å². The lowest BCUT2D eigenvalue weighted by Gasteiger charge is -2.23. The summed E-state index contributed by atoms with van der Waals surface area (Å²) in [6.07, 6.45) is 2.99. The molecule has 0 aliphatic carbocycles. The lowest BCUT2D eigenvalue weighted by atomic mass is 10.1. The molecule has 1 unspecified atom stereocenters. The molecule has 2 heteroatoms. The molecule has 0 fully saturated rings. The van der Waals surface area contributed by atoms with Crippen molar-refractivity contribution in [1.82, 2.24) is 0 Å². The summed E-state index contributed by atoms with van der Waals surface area (Å²) in [5.41, 5.74) is 2.50. The molecular formula is C18H20O2. The van der Waals surface area contributed by atoms with Crippen molar-refractivity contribution >= 4 is 0 Å². The van der Waals surface area contributed by atoms with E-state index in [4.69, 9.17) is 9.47 Å². The first-order valence-electron chi connectivity index (χ1n) is 7.18. The van der Waals surface area contributed by atoms with Crippen LogP contribution in [-0.2, 0) is 6.42 Å². The summed E-state index contributed by atoms with van der Waals surface area (Å²) in [5, 5.41) is 0. The topological polar surface area (TPSA) is 18.5 Å². The zero-order valence-electron chi connectivity index (χ0n) is 12.1. The van der Waals surface area contributed by atoms with Crippen LogP contribution in [0.1, 0.15) is 30.9 Å². The maximum Gasteiger partial charge on any atom is 0.248 e. The number of para-hydroxylation sites is 1. The van der Waals surface area contributed by atoms with Crippen molar-refractivity contribution in [2.75, 3.05) is 0 Å². The Morgan fingerprint density at radius 2 is 1.75 bits per heavy atom. The highest BCUT2D eigenvalue weighted by atomic mass is 16.7. The van der Waals surface area contributed by atoms with Gasteiger partial charge in [0.1, 0.15) is 0 Å². The van der Waals surface area contributed by atoms with Crippen LogP contribution >= 0.6 is 0 Å². The Bertz CT molecular complexity index is 592. The number of aryl methyl sites for hydroxylation is 2. The predicted octanol–water partition coefficient (Wildman–Crippen LogP) is 4.51. The molecule has 0 aromatic heterocycles. The second kappa shape index (κ2) is 5.20. The summed E-state index contributed by atoms with van der Waals surface area (Å²) < 4.78 is 12.0. The van der Waals surface area contributed by atoms with Crippen LogP contribution in [0, 0.1) is 6.92 Å². The van der Waals surface area contributed by atoms with Crippen molar-refractivity contribution in [2.45, 2.75) is 38.9 Å². The van der Waals surface area contributed by atoms with Gasteiger partial charge in [-0.15, -0.1) is 0 Å². The molecular weight excluding hydrogens is 248 g/mol. The van der Waals surface area contributed by atoms with Crippen molar-refractivity contribution in [2.24, 2.45) is 0 Å². The summed E-state index contributed by atoms with van der Waals surface area (Å²) >= 11 is 0. The molecule has 0 N–H and O–H groups in total. The van der Waals surface area contributed by atoms with Crippen LogP contribution in [0.4, 0.5) is 0 Å². The molecule has 0 spiro atoms. The van der Waals surface area contributed by atoms with Crippen LogP contribution in [0.3, 0.4) is 0 Å². The van der Waals surface area contributed by atoms with Crippen LogP contribution < -0.4 is 9.47 Å². The molecule has 3 rings (SSSR count). The Balaban J connectivity index is 1.61. The van der Waals surface area contributed by atoms with Crippen molar-refractivity contribution in [3.05, 3.63) is 59.7 Å². The first-order chi connectivity index (χ1) is 9.66. The lowest BCUT2D eigenvalue weighted by Crippen LogP contribution is -2.34. The minimum absolute atomic E-state index is 0.525. The highest BCUT2D eigenvalue weighted by molar-refractivity contribution is 5.48. The van der Waals surface area contributed by atoms with Gasteiger partial charge in [-0.25, -0.2) is 0 Å². The normalized spacial score (nSPS) is 20.1. The smallest absolute Gasteiger partial charge is 0.248 e. The maximum absolute atomic E-state index is 6.04. The van der Waals surface area contributed by atoms with E-state index in [2.05, 4.69) is 37.3 Å². The molecule has 2 aromatic carbocycles. The second-order valence-electron chi connectivity index (χ2n) is 5.58. The fraction of sp³-hybridized carbons (Fsp3) is 0.333. The van der Waals surface area contributed by atoms with E-state index < -0.39 is 5.79 Å². The average molecular weight is 268 g/mol. The van der Waals surface area contributed by atoms with Gasteiger partial charge in [0.2, 0.25) is 5.79 Å². The SMILES string of the molecule is Cc1cccc2c1OC(C)(CCCc1ccccc1)O2. The molecule has 1 aliphatic heterocycles. The van der Waals surface area contributed by atoms with E-state index in [9.17, 15) is 0 Å². The number of benzene rings is 2. The third-order valence-electron chi connectivity index (χ3n) is 3.76. The number of ether oxygens (including phenoxy) is 2. The number of hydrogen-bond donors (Lipinski definition) is 0. The monoisotopic (exact) mass is 268 g/mol. The molecule has 0 radical (unpaired) electrons. The number of fused-ring (bicyclic) bond motifs is 1. The van der Waals surface area contributed by atoms with E-state index >= 15 is 0 Å². The highest BCUT2D eigenvalue weighted by Crippen LogP contribution is 2.43. The van der Waals surface area contributed by atoms with Crippen molar-refractivity contribution in [3.8, 4) is 11.5 Å². The van der Waals surface area contributed by atoms with Gasteiger partial charge < -0.3 is 9.47 Å². The Hall–Kier alpha value is -1.96. The van der Waals surface area contributed by atoms with E-state index in [1.165, 1.54) is 5.56 Å². The summed E-state index contributed by atoms with van der Waals surface area (Å²) in [5.74, 6) is 1.24. The first kappa shape index (κ1) is 13.0. The second-order valence-corrected chi connectivity index (χ2v) is 5.58.